The molecule has 0 aromatic heterocycles. The molecule has 0 aliphatic carbocycles. The van der Waals surface area contributed by atoms with E-state index in [1.165, 1.54) is 55.3 Å². The maximum Gasteiger partial charge on any atom is 0.0618 e. The number of hydrogen-bond donors (Lipinski definition) is 0. The van der Waals surface area contributed by atoms with Gasteiger partial charge >= 0.3 is 0 Å². The van der Waals surface area contributed by atoms with E-state index in [1.807, 2.05) is 0 Å². The first-order chi connectivity index (χ1) is 16.7. The summed E-state index contributed by atoms with van der Waals surface area (Å²) in [6.07, 6.45) is 0. The highest BCUT2D eigenvalue weighted by Crippen LogP contribution is 2.45. The van der Waals surface area contributed by atoms with Gasteiger partial charge in [-0.3, -0.25) is 0 Å². The molecule has 0 spiro atoms. The van der Waals surface area contributed by atoms with Crippen LogP contribution in [0.2, 0.25) is 0 Å². The molecule has 35 heavy (non-hydrogen) atoms. The van der Waals surface area contributed by atoms with E-state index >= 15 is 0 Å². The zero-order valence-electron chi connectivity index (χ0n) is 21.8. The maximum absolute atomic E-state index is 2.47. The van der Waals surface area contributed by atoms with Gasteiger partial charge < -0.3 is 4.90 Å². The van der Waals surface area contributed by atoms with Crippen molar-refractivity contribution in [3.05, 3.63) is 114 Å². The highest BCUT2D eigenvalue weighted by atomic mass is 15.1. The molecule has 0 radical (unpaired) electrons. The van der Waals surface area contributed by atoms with Gasteiger partial charge in [0, 0.05) is 22.1 Å². The second-order valence-corrected chi connectivity index (χ2v) is 11.1. The third-order valence-corrected chi connectivity index (χ3v) is 6.98. The Balaban J connectivity index is 1.92. The van der Waals surface area contributed by atoms with E-state index in [-0.39, 0.29) is 5.41 Å². The summed E-state index contributed by atoms with van der Waals surface area (Å²) >= 11 is 0. The Kier molecular flexibility index (Phi) is 5.89. The maximum atomic E-state index is 2.47. The van der Waals surface area contributed by atoms with Crippen LogP contribution in [-0.4, -0.2) is 0 Å². The van der Waals surface area contributed by atoms with Gasteiger partial charge in [-0.25, -0.2) is 0 Å². The average molecular weight is 458 g/mol. The Hall–Kier alpha value is -3.58. The highest BCUT2D eigenvalue weighted by Gasteiger charge is 2.21. The number of nitrogens with zero attached hydrogens (tertiary/aromatic N) is 1. The lowest BCUT2D eigenvalue weighted by molar-refractivity contribution is 0.591. The van der Waals surface area contributed by atoms with E-state index in [4.69, 9.17) is 0 Å². The molecule has 0 N–H and O–H groups in total. The van der Waals surface area contributed by atoms with Crippen molar-refractivity contribution < 1.29 is 0 Å². The zero-order valence-corrected chi connectivity index (χ0v) is 21.8. The van der Waals surface area contributed by atoms with Gasteiger partial charge in [0.25, 0.3) is 0 Å². The molecular formula is C34H35N. The van der Waals surface area contributed by atoms with Crippen molar-refractivity contribution in [3.63, 3.8) is 0 Å². The number of rotatable bonds is 4. The predicted molar refractivity (Wildman–Crippen MR) is 154 cm³/mol. The summed E-state index contributed by atoms with van der Waals surface area (Å²) in [4.78, 5) is 2.47. The fraction of sp³-hybridized carbons (Fsp3) is 0.235. The lowest BCUT2D eigenvalue weighted by atomic mass is 9.85. The van der Waals surface area contributed by atoms with Crippen molar-refractivity contribution >= 4 is 38.6 Å². The molecule has 1 heteroatoms. The molecular weight excluding hydrogens is 422 g/mol. The van der Waals surface area contributed by atoms with E-state index in [2.05, 4.69) is 144 Å². The van der Waals surface area contributed by atoms with Gasteiger partial charge in [0.1, 0.15) is 0 Å². The molecule has 176 valence electrons. The molecule has 1 nitrogen and oxygen atoms in total. The quantitative estimate of drug-likeness (QED) is 0.243. The van der Waals surface area contributed by atoms with Gasteiger partial charge in [-0.1, -0.05) is 95.3 Å². The average Bonchev–Trinajstić information content (AvgIpc) is 2.83. The van der Waals surface area contributed by atoms with Crippen molar-refractivity contribution in [2.24, 2.45) is 0 Å². The smallest absolute Gasteiger partial charge is 0.0618 e. The Bertz CT molecular complexity index is 1520. The molecule has 0 amide bonds. The Morgan fingerprint density at radius 2 is 1.31 bits per heavy atom. The topological polar surface area (TPSA) is 3.24 Å². The number of anilines is 3. The first-order valence-corrected chi connectivity index (χ1v) is 12.6. The SMILES string of the molecule is Cc1cccc(N(c2cccc(C(C)C)c2)c2c3ccccc3cc3ccc(C(C)(C)C)cc23)c1. The second-order valence-electron chi connectivity index (χ2n) is 11.1. The van der Waals surface area contributed by atoms with Crippen LogP contribution in [0, 0.1) is 6.92 Å². The zero-order chi connectivity index (χ0) is 24.7. The van der Waals surface area contributed by atoms with Crippen LogP contribution in [0.4, 0.5) is 17.1 Å². The highest BCUT2D eigenvalue weighted by molar-refractivity contribution is 6.14. The van der Waals surface area contributed by atoms with Crippen molar-refractivity contribution in [2.75, 3.05) is 4.90 Å². The normalized spacial score (nSPS) is 12.0. The molecule has 0 unspecified atom stereocenters. The van der Waals surface area contributed by atoms with Gasteiger partial charge in [-0.2, -0.15) is 0 Å². The van der Waals surface area contributed by atoms with Gasteiger partial charge in [-0.05, 0) is 82.1 Å². The summed E-state index contributed by atoms with van der Waals surface area (Å²) in [6.45, 7) is 13.6. The lowest BCUT2D eigenvalue weighted by Crippen LogP contribution is -2.13. The van der Waals surface area contributed by atoms with Crippen LogP contribution in [-0.2, 0) is 5.41 Å². The van der Waals surface area contributed by atoms with E-state index in [1.54, 1.807) is 0 Å². The number of fused-ring (bicyclic) bond motifs is 2. The second kappa shape index (κ2) is 8.89. The van der Waals surface area contributed by atoms with Gasteiger partial charge in [0.15, 0.2) is 0 Å². The van der Waals surface area contributed by atoms with E-state index in [9.17, 15) is 0 Å². The van der Waals surface area contributed by atoms with Crippen molar-refractivity contribution in [3.8, 4) is 0 Å². The third kappa shape index (κ3) is 4.44. The molecule has 5 aromatic rings. The molecule has 0 saturated heterocycles. The summed E-state index contributed by atoms with van der Waals surface area (Å²) < 4.78 is 0. The van der Waals surface area contributed by atoms with Gasteiger partial charge in [0.2, 0.25) is 0 Å². The molecule has 0 atom stereocenters. The van der Waals surface area contributed by atoms with Gasteiger partial charge in [-0.15, -0.1) is 0 Å². The molecule has 0 aliphatic rings. The van der Waals surface area contributed by atoms with Crippen LogP contribution in [0.25, 0.3) is 21.5 Å². The van der Waals surface area contributed by atoms with E-state index in [0.29, 0.717) is 5.92 Å². The Labute approximate surface area is 210 Å². The molecule has 0 fully saturated rings. The first-order valence-electron chi connectivity index (χ1n) is 12.6. The molecule has 0 aliphatic heterocycles. The fourth-order valence-electron chi connectivity index (χ4n) is 4.94. The van der Waals surface area contributed by atoms with E-state index in [0.717, 1.165) is 0 Å². The van der Waals surface area contributed by atoms with Crippen LogP contribution in [0.1, 0.15) is 57.2 Å². The van der Waals surface area contributed by atoms with Gasteiger partial charge in [0.05, 0.1) is 5.69 Å². The Morgan fingerprint density at radius 3 is 2.03 bits per heavy atom. The number of hydrogen-bond acceptors (Lipinski definition) is 1. The molecule has 5 rings (SSSR count). The summed E-state index contributed by atoms with van der Waals surface area (Å²) in [6, 6.07) is 36.0. The lowest BCUT2D eigenvalue weighted by Gasteiger charge is -2.30. The van der Waals surface area contributed by atoms with Crippen LogP contribution in [0.5, 0.6) is 0 Å². The first kappa shape index (κ1) is 23.2. The minimum atomic E-state index is 0.0723. The van der Waals surface area contributed by atoms with E-state index < -0.39 is 0 Å². The summed E-state index contributed by atoms with van der Waals surface area (Å²) in [7, 11) is 0. The standard InChI is InChI=1S/C34H35N/c1-23(2)25-13-10-15-30(21-25)35(29-14-9-11-24(3)19-29)33-31-16-8-7-12-26(31)20-27-17-18-28(22-32(27)33)34(4,5)6/h7-23H,1-6H3. The third-order valence-electron chi connectivity index (χ3n) is 6.98. The minimum Gasteiger partial charge on any atom is -0.309 e. The summed E-state index contributed by atoms with van der Waals surface area (Å²) in [5, 5.41) is 5.08. The largest absolute Gasteiger partial charge is 0.309 e. The predicted octanol–water partition coefficient (Wildman–Crippen LogP) is 10.2. The summed E-state index contributed by atoms with van der Waals surface area (Å²) in [5.41, 5.74) is 7.65. The number of benzene rings is 5. The van der Waals surface area contributed by atoms with Crippen molar-refractivity contribution in [2.45, 2.75) is 52.9 Å². The van der Waals surface area contributed by atoms with Crippen molar-refractivity contribution in [1.82, 2.24) is 0 Å². The van der Waals surface area contributed by atoms with Crippen molar-refractivity contribution in [1.29, 1.82) is 0 Å². The molecule has 0 bridgehead atoms. The van der Waals surface area contributed by atoms with Crippen LogP contribution < -0.4 is 4.90 Å². The molecule has 0 saturated carbocycles. The monoisotopic (exact) mass is 457 g/mol. The van der Waals surface area contributed by atoms with Crippen LogP contribution in [0.3, 0.4) is 0 Å². The van der Waals surface area contributed by atoms with Crippen LogP contribution in [0.15, 0.2) is 97.1 Å². The molecule has 5 aromatic carbocycles. The molecule has 0 heterocycles. The number of aryl methyl sites for hydroxylation is 1. The summed E-state index contributed by atoms with van der Waals surface area (Å²) in [5.74, 6) is 0.464. The Morgan fingerprint density at radius 1 is 0.629 bits per heavy atom. The van der Waals surface area contributed by atoms with Crippen LogP contribution >= 0.6 is 0 Å². The fourth-order valence-corrected chi connectivity index (χ4v) is 4.94. The minimum absolute atomic E-state index is 0.0723.